The number of carbonyl (C=O) groups excluding carboxylic acids is 2. The number of piperidine rings is 1. The Morgan fingerprint density at radius 2 is 1.84 bits per heavy atom. The van der Waals surface area contributed by atoms with Crippen LogP contribution < -0.4 is 0 Å². The van der Waals surface area contributed by atoms with Gasteiger partial charge in [-0.15, -0.1) is 0 Å². The largest absolute Gasteiger partial charge is 0.447 e. The average Bonchev–Trinajstić information content (AvgIpc) is 3.32. The maximum Gasteiger partial charge on any atom is 0.410 e. The molecular weight excluding hydrogens is 414 g/mol. The average molecular weight is 442 g/mol. The highest BCUT2D eigenvalue weighted by Crippen LogP contribution is 2.31. The number of aromatic nitrogens is 3. The van der Waals surface area contributed by atoms with E-state index < -0.39 is 0 Å². The molecule has 1 aromatic carbocycles. The third-order valence-electron chi connectivity index (χ3n) is 5.35. The van der Waals surface area contributed by atoms with Crippen LogP contribution >= 0.6 is 11.3 Å². The predicted molar refractivity (Wildman–Crippen MR) is 119 cm³/mol. The smallest absolute Gasteiger partial charge is 0.410 e. The van der Waals surface area contributed by atoms with E-state index >= 15 is 0 Å². The fourth-order valence-corrected chi connectivity index (χ4v) is 4.57. The van der Waals surface area contributed by atoms with Gasteiger partial charge in [0.2, 0.25) is 4.96 Å². The SMILES string of the molecule is CC(C)OC(=O)N1CCC(c2cn3nc(-c4ccc(C(=O)N(C)C)cc4)sc3n2)CC1. The van der Waals surface area contributed by atoms with Gasteiger partial charge in [0.05, 0.1) is 18.0 Å². The molecular formula is C22H27N5O3S. The summed E-state index contributed by atoms with van der Waals surface area (Å²) < 4.78 is 7.12. The van der Waals surface area contributed by atoms with E-state index in [4.69, 9.17) is 9.72 Å². The molecule has 3 heterocycles. The van der Waals surface area contributed by atoms with Gasteiger partial charge in [-0.1, -0.05) is 23.5 Å². The van der Waals surface area contributed by atoms with Crippen LogP contribution in [-0.2, 0) is 4.74 Å². The molecule has 1 aliphatic heterocycles. The Hall–Kier alpha value is -2.94. The Morgan fingerprint density at radius 1 is 1.16 bits per heavy atom. The minimum Gasteiger partial charge on any atom is -0.447 e. The summed E-state index contributed by atoms with van der Waals surface area (Å²) in [6.07, 6.45) is 3.39. The molecule has 0 saturated carbocycles. The van der Waals surface area contributed by atoms with Gasteiger partial charge in [0.25, 0.3) is 5.91 Å². The van der Waals surface area contributed by atoms with E-state index in [-0.39, 0.29) is 18.1 Å². The lowest BCUT2D eigenvalue weighted by molar-refractivity contribution is 0.0690. The quantitative estimate of drug-likeness (QED) is 0.614. The molecule has 2 amide bonds. The topological polar surface area (TPSA) is 80.0 Å². The van der Waals surface area contributed by atoms with Gasteiger partial charge < -0.3 is 14.5 Å². The van der Waals surface area contributed by atoms with Gasteiger partial charge in [-0.25, -0.2) is 14.3 Å². The Kier molecular flexibility index (Phi) is 5.95. The zero-order chi connectivity index (χ0) is 22.1. The summed E-state index contributed by atoms with van der Waals surface area (Å²) in [6, 6.07) is 7.49. The minimum atomic E-state index is -0.233. The first-order chi connectivity index (χ1) is 14.8. The number of likely N-dealkylation sites (tertiary alicyclic amines) is 1. The number of rotatable bonds is 4. The second kappa shape index (κ2) is 8.66. The Labute approximate surface area is 185 Å². The second-order valence-electron chi connectivity index (χ2n) is 8.27. The van der Waals surface area contributed by atoms with Crippen LogP contribution in [0, 0.1) is 0 Å². The normalized spacial score (nSPS) is 14.9. The lowest BCUT2D eigenvalue weighted by Gasteiger charge is -2.31. The third-order valence-corrected chi connectivity index (χ3v) is 6.33. The van der Waals surface area contributed by atoms with Crippen LogP contribution in [0.3, 0.4) is 0 Å². The molecule has 0 radical (unpaired) electrons. The fraction of sp³-hybridized carbons (Fsp3) is 0.455. The molecule has 0 aliphatic carbocycles. The van der Waals surface area contributed by atoms with E-state index in [1.165, 1.54) is 11.3 Å². The summed E-state index contributed by atoms with van der Waals surface area (Å²) in [6.45, 7) is 5.08. The number of hydrogen-bond acceptors (Lipinski definition) is 6. The van der Waals surface area contributed by atoms with Crippen molar-refractivity contribution in [3.63, 3.8) is 0 Å². The van der Waals surface area contributed by atoms with Crippen LogP contribution in [0.1, 0.15) is 48.7 Å². The molecule has 0 spiro atoms. The van der Waals surface area contributed by atoms with Crippen molar-refractivity contribution >= 4 is 28.3 Å². The maximum absolute atomic E-state index is 12.1. The first-order valence-electron chi connectivity index (χ1n) is 10.5. The van der Waals surface area contributed by atoms with E-state index in [1.54, 1.807) is 23.9 Å². The molecule has 3 aromatic rings. The highest BCUT2D eigenvalue weighted by Gasteiger charge is 2.27. The molecule has 0 N–H and O–H groups in total. The molecule has 4 rings (SSSR count). The summed E-state index contributed by atoms with van der Waals surface area (Å²) in [5.74, 6) is 0.297. The summed E-state index contributed by atoms with van der Waals surface area (Å²) >= 11 is 1.53. The molecule has 164 valence electrons. The van der Waals surface area contributed by atoms with Gasteiger partial charge in [0.1, 0.15) is 5.01 Å². The number of benzene rings is 1. The molecule has 0 bridgehead atoms. The van der Waals surface area contributed by atoms with Crippen LogP contribution in [0.15, 0.2) is 30.5 Å². The second-order valence-corrected chi connectivity index (χ2v) is 9.23. The van der Waals surface area contributed by atoms with Gasteiger partial charge in [-0.3, -0.25) is 4.79 Å². The minimum absolute atomic E-state index is 0.0198. The van der Waals surface area contributed by atoms with Gasteiger partial charge in [0, 0.05) is 44.2 Å². The molecule has 31 heavy (non-hydrogen) atoms. The maximum atomic E-state index is 12.1. The Balaban J connectivity index is 1.43. The number of nitrogens with zero attached hydrogens (tertiary/aromatic N) is 5. The Morgan fingerprint density at radius 3 is 2.42 bits per heavy atom. The van der Waals surface area contributed by atoms with Crippen LogP contribution in [-0.4, -0.2) is 69.7 Å². The van der Waals surface area contributed by atoms with Gasteiger partial charge >= 0.3 is 6.09 Å². The van der Waals surface area contributed by atoms with E-state index in [0.29, 0.717) is 24.6 Å². The van der Waals surface area contributed by atoms with Crippen LogP contribution in [0.5, 0.6) is 0 Å². The van der Waals surface area contributed by atoms with Crippen molar-refractivity contribution in [1.29, 1.82) is 0 Å². The predicted octanol–water partition coefficient (Wildman–Crippen LogP) is 3.88. The van der Waals surface area contributed by atoms with Crippen molar-refractivity contribution in [2.24, 2.45) is 0 Å². The zero-order valence-corrected chi connectivity index (χ0v) is 19.1. The molecule has 2 aromatic heterocycles. The lowest BCUT2D eigenvalue weighted by atomic mass is 9.94. The van der Waals surface area contributed by atoms with Crippen molar-refractivity contribution in [2.45, 2.75) is 38.7 Å². The van der Waals surface area contributed by atoms with E-state index in [9.17, 15) is 9.59 Å². The number of amides is 2. The molecule has 0 atom stereocenters. The van der Waals surface area contributed by atoms with Crippen LogP contribution in [0.25, 0.3) is 15.5 Å². The molecule has 0 unspecified atom stereocenters. The number of imidazole rings is 1. The third kappa shape index (κ3) is 4.56. The first-order valence-corrected chi connectivity index (χ1v) is 11.3. The summed E-state index contributed by atoms with van der Waals surface area (Å²) in [5.41, 5.74) is 2.64. The molecule has 1 aliphatic rings. The van der Waals surface area contributed by atoms with Crippen LogP contribution in [0.4, 0.5) is 4.79 Å². The molecule has 8 nitrogen and oxygen atoms in total. The van der Waals surface area contributed by atoms with E-state index in [1.807, 2.05) is 48.8 Å². The standard InChI is InChI=1S/C22H27N5O3S/c1-14(2)30-22(29)26-11-9-15(10-12-26)18-13-27-21(23-18)31-19(24-27)16-5-7-17(8-6-16)20(28)25(3)4/h5-8,13-15H,9-12H2,1-4H3. The number of carbonyl (C=O) groups is 2. The van der Waals surface area contributed by atoms with E-state index in [2.05, 4.69) is 5.10 Å². The Bertz CT molecular complexity index is 1050. The van der Waals surface area contributed by atoms with Crippen molar-refractivity contribution < 1.29 is 14.3 Å². The molecule has 1 saturated heterocycles. The highest BCUT2D eigenvalue weighted by molar-refractivity contribution is 7.19. The van der Waals surface area contributed by atoms with E-state index in [0.717, 1.165) is 34.1 Å². The zero-order valence-electron chi connectivity index (χ0n) is 18.2. The number of hydrogen-bond donors (Lipinski definition) is 0. The summed E-state index contributed by atoms with van der Waals surface area (Å²) in [5, 5.41) is 5.54. The van der Waals surface area contributed by atoms with Crippen molar-refractivity contribution in [1.82, 2.24) is 24.4 Å². The fourth-order valence-electron chi connectivity index (χ4n) is 3.68. The number of ether oxygens (including phenoxy) is 1. The van der Waals surface area contributed by atoms with Crippen molar-refractivity contribution in [3.8, 4) is 10.6 Å². The monoisotopic (exact) mass is 441 g/mol. The highest BCUT2D eigenvalue weighted by atomic mass is 32.1. The first kappa shape index (κ1) is 21.3. The summed E-state index contributed by atoms with van der Waals surface area (Å²) in [7, 11) is 3.48. The molecule has 1 fully saturated rings. The van der Waals surface area contributed by atoms with Crippen LogP contribution in [0.2, 0.25) is 0 Å². The lowest BCUT2D eigenvalue weighted by Crippen LogP contribution is -2.39. The summed E-state index contributed by atoms with van der Waals surface area (Å²) in [4.78, 5) is 33.1. The van der Waals surface area contributed by atoms with Gasteiger partial charge in [0.15, 0.2) is 0 Å². The van der Waals surface area contributed by atoms with Crippen molar-refractivity contribution in [3.05, 3.63) is 41.7 Å². The van der Waals surface area contributed by atoms with Gasteiger partial charge in [-0.2, -0.15) is 5.10 Å². The van der Waals surface area contributed by atoms with Crippen molar-refractivity contribution in [2.75, 3.05) is 27.2 Å². The van der Waals surface area contributed by atoms with Gasteiger partial charge in [-0.05, 0) is 38.8 Å². The number of fused-ring (bicyclic) bond motifs is 1. The molecule has 9 heteroatoms.